The summed E-state index contributed by atoms with van der Waals surface area (Å²) in [5, 5.41) is 1.45. The second-order valence-corrected chi connectivity index (χ2v) is 3.29. The van der Waals surface area contributed by atoms with Gasteiger partial charge in [-0.2, -0.15) is 13.2 Å². The van der Waals surface area contributed by atoms with Crippen LogP contribution in [0.2, 0.25) is 0 Å². The van der Waals surface area contributed by atoms with Crippen molar-refractivity contribution in [2.24, 2.45) is 0 Å². The van der Waals surface area contributed by atoms with E-state index in [0.29, 0.717) is 13.1 Å². The van der Waals surface area contributed by atoms with Gasteiger partial charge < -0.3 is 0 Å². The van der Waals surface area contributed by atoms with Crippen molar-refractivity contribution in [3.63, 3.8) is 0 Å². The zero-order valence-electron chi connectivity index (χ0n) is 7.88. The van der Waals surface area contributed by atoms with E-state index in [4.69, 9.17) is 0 Å². The number of nitrogens with zero attached hydrogens (tertiary/aromatic N) is 2. The average Bonchev–Trinajstić information content (AvgIpc) is 2.69. The number of anilines is 1. The fourth-order valence-electron chi connectivity index (χ4n) is 1.54. The highest BCUT2D eigenvalue weighted by molar-refractivity contribution is 5.47. The Hall–Kier alpha value is -1.30. The Kier molecular flexibility index (Phi) is 2.52. The Balaban J connectivity index is 2.37. The number of hydrogen-bond donors (Lipinski definition) is 1. The molecule has 1 aliphatic heterocycles. The van der Waals surface area contributed by atoms with Crippen LogP contribution in [-0.4, -0.2) is 18.1 Å². The molecular formula is C9H10F3N3. The van der Waals surface area contributed by atoms with Gasteiger partial charge in [0.15, 0.2) is 5.82 Å². The van der Waals surface area contributed by atoms with Crippen molar-refractivity contribution in [3.8, 4) is 0 Å². The minimum absolute atomic E-state index is 0.0394. The van der Waals surface area contributed by atoms with E-state index in [1.165, 1.54) is 17.3 Å². The molecule has 0 saturated carbocycles. The van der Waals surface area contributed by atoms with Gasteiger partial charge in [0.05, 0.1) is 5.56 Å². The lowest BCUT2D eigenvalue weighted by molar-refractivity contribution is -0.137. The van der Waals surface area contributed by atoms with Gasteiger partial charge in [-0.25, -0.2) is 10.4 Å². The van der Waals surface area contributed by atoms with Gasteiger partial charge in [-0.05, 0) is 18.6 Å². The third kappa shape index (κ3) is 2.04. The summed E-state index contributed by atoms with van der Waals surface area (Å²) in [4.78, 5) is 3.77. The molecule has 0 spiro atoms. The number of nitrogens with one attached hydrogen (secondary N) is 1. The Labute approximate surface area is 84.9 Å². The molecule has 3 nitrogen and oxygen atoms in total. The van der Waals surface area contributed by atoms with Gasteiger partial charge in [-0.3, -0.25) is 5.01 Å². The number of hydrogen-bond acceptors (Lipinski definition) is 3. The maximum absolute atomic E-state index is 12.6. The van der Waals surface area contributed by atoms with Crippen molar-refractivity contribution in [1.82, 2.24) is 10.4 Å². The molecule has 0 amide bonds. The van der Waals surface area contributed by atoms with E-state index in [1.807, 2.05) is 0 Å². The highest BCUT2D eigenvalue weighted by Crippen LogP contribution is 2.34. The number of pyridine rings is 1. The minimum Gasteiger partial charge on any atom is -0.292 e. The molecule has 0 aromatic carbocycles. The molecule has 0 unspecified atom stereocenters. The quantitative estimate of drug-likeness (QED) is 0.777. The molecular weight excluding hydrogens is 207 g/mol. The van der Waals surface area contributed by atoms with Crippen molar-refractivity contribution in [3.05, 3.63) is 23.9 Å². The Morgan fingerprint density at radius 1 is 1.40 bits per heavy atom. The third-order valence-electron chi connectivity index (χ3n) is 2.21. The van der Waals surface area contributed by atoms with Crippen LogP contribution in [0, 0.1) is 0 Å². The predicted octanol–water partition coefficient (Wildman–Crippen LogP) is 1.82. The van der Waals surface area contributed by atoms with Crippen LogP contribution in [0.3, 0.4) is 0 Å². The number of alkyl halides is 3. The van der Waals surface area contributed by atoms with Crippen LogP contribution < -0.4 is 10.4 Å². The van der Waals surface area contributed by atoms with Crippen LogP contribution >= 0.6 is 0 Å². The summed E-state index contributed by atoms with van der Waals surface area (Å²) in [6.07, 6.45) is -2.16. The third-order valence-corrected chi connectivity index (χ3v) is 2.21. The van der Waals surface area contributed by atoms with E-state index in [2.05, 4.69) is 10.4 Å². The van der Waals surface area contributed by atoms with E-state index < -0.39 is 11.7 Å². The van der Waals surface area contributed by atoms with Gasteiger partial charge in [0, 0.05) is 19.3 Å². The molecule has 82 valence electrons. The maximum Gasteiger partial charge on any atom is 0.420 e. The molecule has 2 rings (SSSR count). The number of halogens is 3. The highest BCUT2D eigenvalue weighted by atomic mass is 19.4. The summed E-state index contributed by atoms with van der Waals surface area (Å²) >= 11 is 0. The van der Waals surface area contributed by atoms with Crippen molar-refractivity contribution >= 4 is 5.82 Å². The number of aromatic nitrogens is 1. The van der Waals surface area contributed by atoms with Gasteiger partial charge in [0.25, 0.3) is 0 Å². The standard InChI is InChI=1S/C9H10F3N3/c10-9(11,12)7-3-1-4-13-8(7)15-6-2-5-14-15/h1,3-4,14H,2,5-6H2. The summed E-state index contributed by atoms with van der Waals surface area (Å²) in [7, 11) is 0. The molecule has 1 aromatic rings. The van der Waals surface area contributed by atoms with Crippen molar-refractivity contribution in [2.75, 3.05) is 18.1 Å². The van der Waals surface area contributed by atoms with E-state index in [1.54, 1.807) is 0 Å². The summed E-state index contributed by atoms with van der Waals surface area (Å²) in [5.74, 6) is -0.0394. The molecule has 0 radical (unpaired) electrons. The van der Waals surface area contributed by atoms with E-state index in [9.17, 15) is 13.2 Å². The monoisotopic (exact) mass is 217 g/mol. The van der Waals surface area contributed by atoms with Crippen LogP contribution in [0.15, 0.2) is 18.3 Å². The lowest BCUT2D eigenvalue weighted by Gasteiger charge is -2.20. The fraction of sp³-hybridized carbons (Fsp3) is 0.444. The van der Waals surface area contributed by atoms with E-state index >= 15 is 0 Å². The molecule has 0 aliphatic carbocycles. The zero-order valence-corrected chi connectivity index (χ0v) is 7.88. The van der Waals surface area contributed by atoms with Crippen molar-refractivity contribution < 1.29 is 13.2 Å². The van der Waals surface area contributed by atoms with Crippen molar-refractivity contribution in [1.29, 1.82) is 0 Å². The highest BCUT2D eigenvalue weighted by Gasteiger charge is 2.36. The Bertz CT molecular complexity index is 345. The molecule has 6 heteroatoms. The first-order chi connectivity index (χ1) is 7.09. The average molecular weight is 217 g/mol. The maximum atomic E-state index is 12.6. The molecule has 1 aliphatic rings. The van der Waals surface area contributed by atoms with Crippen molar-refractivity contribution in [2.45, 2.75) is 12.6 Å². The summed E-state index contributed by atoms with van der Waals surface area (Å²) in [6.45, 7) is 1.24. The largest absolute Gasteiger partial charge is 0.420 e. The molecule has 1 fully saturated rings. The van der Waals surface area contributed by atoms with Gasteiger partial charge >= 0.3 is 6.18 Å². The molecule has 1 N–H and O–H groups in total. The van der Waals surface area contributed by atoms with Crippen LogP contribution in [0.4, 0.5) is 19.0 Å². The van der Waals surface area contributed by atoms with E-state index in [0.717, 1.165) is 12.5 Å². The minimum atomic E-state index is -4.35. The SMILES string of the molecule is FC(F)(F)c1cccnc1N1CCCN1. The molecule has 2 heterocycles. The Morgan fingerprint density at radius 3 is 2.80 bits per heavy atom. The van der Waals surface area contributed by atoms with E-state index in [-0.39, 0.29) is 5.82 Å². The van der Waals surface area contributed by atoms with Gasteiger partial charge in [0.1, 0.15) is 0 Å². The molecule has 15 heavy (non-hydrogen) atoms. The fourth-order valence-corrected chi connectivity index (χ4v) is 1.54. The van der Waals surface area contributed by atoms with Crippen LogP contribution in [0.25, 0.3) is 0 Å². The second-order valence-electron chi connectivity index (χ2n) is 3.29. The topological polar surface area (TPSA) is 28.2 Å². The van der Waals surface area contributed by atoms with Crippen LogP contribution in [-0.2, 0) is 6.18 Å². The van der Waals surface area contributed by atoms with Crippen LogP contribution in [0.1, 0.15) is 12.0 Å². The Morgan fingerprint density at radius 2 is 2.20 bits per heavy atom. The predicted molar refractivity (Wildman–Crippen MR) is 49.2 cm³/mol. The number of hydrazine groups is 1. The lowest BCUT2D eigenvalue weighted by Crippen LogP contribution is -2.33. The molecule has 0 bridgehead atoms. The number of rotatable bonds is 1. The van der Waals surface area contributed by atoms with Gasteiger partial charge in [-0.1, -0.05) is 0 Å². The lowest BCUT2D eigenvalue weighted by atomic mass is 10.2. The van der Waals surface area contributed by atoms with Crippen LogP contribution in [0.5, 0.6) is 0 Å². The molecule has 1 aromatic heterocycles. The second kappa shape index (κ2) is 3.69. The van der Waals surface area contributed by atoms with Gasteiger partial charge in [-0.15, -0.1) is 0 Å². The first kappa shape index (κ1) is 10.2. The smallest absolute Gasteiger partial charge is 0.292 e. The summed E-state index contributed by atoms with van der Waals surface area (Å²) in [5.41, 5.74) is 2.16. The normalized spacial score (nSPS) is 17.1. The van der Waals surface area contributed by atoms with Gasteiger partial charge in [0.2, 0.25) is 0 Å². The first-order valence-corrected chi connectivity index (χ1v) is 4.62. The summed E-state index contributed by atoms with van der Waals surface area (Å²) < 4.78 is 37.8. The first-order valence-electron chi connectivity index (χ1n) is 4.62. The zero-order chi connectivity index (χ0) is 10.9. The summed E-state index contributed by atoms with van der Waals surface area (Å²) in [6, 6.07) is 2.34. The molecule has 1 saturated heterocycles. The molecule has 0 atom stereocenters.